The zero-order valence-corrected chi connectivity index (χ0v) is 13.9. The molecule has 0 saturated carbocycles. The van der Waals surface area contributed by atoms with Crippen LogP contribution in [0.3, 0.4) is 0 Å². The first kappa shape index (κ1) is 17.3. The summed E-state index contributed by atoms with van der Waals surface area (Å²) >= 11 is 0. The van der Waals surface area contributed by atoms with E-state index in [0.717, 1.165) is 5.69 Å². The van der Waals surface area contributed by atoms with Crippen LogP contribution in [0.4, 0.5) is 11.6 Å². The molecule has 0 amide bonds. The Morgan fingerprint density at radius 1 is 1.46 bits per heavy atom. The molecule has 10 heteroatoms. The molecule has 0 atom stereocenters. The fraction of sp³-hybridized carbons (Fsp3) is 0.188. The first-order chi connectivity index (χ1) is 12.7. The highest BCUT2D eigenvalue weighted by atomic mass is 16.6. The third-order valence-electron chi connectivity index (χ3n) is 3.38. The lowest BCUT2D eigenvalue weighted by Crippen LogP contribution is -2.04. The van der Waals surface area contributed by atoms with Gasteiger partial charge in [-0.1, -0.05) is 0 Å². The fourth-order valence-corrected chi connectivity index (χ4v) is 2.18. The Morgan fingerprint density at radius 2 is 2.35 bits per heavy atom. The van der Waals surface area contributed by atoms with E-state index in [0.29, 0.717) is 24.4 Å². The molecule has 26 heavy (non-hydrogen) atoms. The number of hydrogen-bond donors (Lipinski definition) is 1. The molecule has 0 aliphatic heterocycles. The summed E-state index contributed by atoms with van der Waals surface area (Å²) in [6.07, 6.45) is 6.62. The van der Waals surface area contributed by atoms with Gasteiger partial charge >= 0.3 is 5.88 Å². The van der Waals surface area contributed by atoms with Gasteiger partial charge < -0.3 is 9.15 Å². The van der Waals surface area contributed by atoms with Crippen LogP contribution in [0.1, 0.15) is 5.56 Å². The molecule has 0 aliphatic rings. The Hall–Kier alpha value is -3.53. The van der Waals surface area contributed by atoms with Crippen LogP contribution in [0.2, 0.25) is 0 Å². The van der Waals surface area contributed by atoms with E-state index in [-0.39, 0.29) is 11.6 Å². The third kappa shape index (κ3) is 4.11. The maximum Gasteiger partial charge on any atom is 0.433 e. The summed E-state index contributed by atoms with van der Waals surface area (Å²) in [5.41, 5.74) is 4.67. The van der Waals surface area contributed by atoms with Gasteiger partial charge in [-0.2, -0.15) is 10.2 Å². The van der Waals surface area contributed by atoms with E-state index in [9.17, 15) is 10.1 Å². The van der Waals surface area contributed by atoms with Gasteiger partial charge in [-0.15, -0.1) is 0 Å². The molecule has 0 aromatic carbocycles. The van der Waals surface area contributed by atoms with Crippen molar-refractivity contribution in [2.24, 2.45) is 5.10 Å². The van der Waals surface area contributed by atoms with E-state index in [4.69, 9.17) is 9.15 Å². The summed E-state index contributed by atoms with van der Waals surface area (Å²) < 4.78 is 12.0. The lowest BCUT2D eigenvalue weighted by Gasteiger charge is -1.98. The van der Waals surface area contributed by atoms with Gasteiger partial charge in [0.15, 0.2) is 5.76 Å². The Kier molecular flexibility index (Phi) is 5.34. The predicted octanol–water partition coefficient (Wildman–Crippen LogP) is 2.54. The summed E-state index contributed by atoms with van der Waals surface area (Å²) in [4.78, 5) is 14.2. The van der Waals surface area contributed by atoms with Crippen molar-refractivity contribution in [1.82, 2.24) is 14.8 Å². The topological polar surface area (TPSA) is 121 Å². The van der Waals surface area contributed by atoms with Gasteiger partial charge in [-0.05, 0) is 18.2 Å². The van der Waals surface area contributed by atoms with Crippen LogP contribution in [-0.4, -0.2) is 39.6 Å². The van der Waals surface area contributed by atoms with Crippen molar-refractivity contribution in [3.63, 3.8) is 0 Å². The van der Waals surface area contributed by atoms with Gasteiger partial charge in [0.2, 0.25) is 0 Å². The van der Waals surface area contributed by atoms with E-state index in [1.165, 1.54) is 12.1 Å². The average Bonchev–Trinajstić information content (AvgIpc) is 3.28. The van der Waals surface area contributed by atoms with Crippen molar-refractivity contribution < 1.29 is 14.1 Å². The van der Waals surface area contributed by atoms with E-state index in [1.54, 1.807) is 42.7 Å². The fourth-order valence-electron chi connectivity index (χ4n) is 2.18. The molecule has 0 fully saturated rings. The molecular formula is C16H16N6O4. The molecule has 3 aromatic heterocycles. The molecule has 0 unspecified atom stereocenters. The van der Waals surface area contributed by atoms with Gasteiger partial charge in [-0.25, -0.2) is 0 Å². The van der Waals surface area contributed by atoms with Crippen molar-refractivity contribution >= 4 is 17.8 Å². The number of aromatic nitrogens is 3. The molecule has 1 N–H and O–H groups in total. The summed E-state index contributed by atoms with van der Waals surface area (Å²) in [5, 5.41) is 19.4. The Labute approximate surface area is 148 Å². The maximum atomic E-state index is 10.8. The van der Waals surface area contributed by atoms with Crippen LogP contribution >= 0.6 is 0 Å². The molecule has 0 spiro atoms. The standard InChI is InChI=1S/C16H16N6O4/c1-25-8-7-21-11-12(9-18-19-13-3-2-6-17-10-13)16(20-21)14-4-5-15(26-14)22(23)24/h2-6,9-11,19H,7-8H2,1H3. The molecule has 0 radical (unpaired) electrons. The number of ether oxygens (including phenoxy) is 1. The minimum absolute atomic E-state index is 0.288. The van der Waals surface area contributed by atoms with Crippen LogP contribution in [0, 0.1) is 10.1 Å². The van der Waals surface area contributed by atoms with E-state index in [1.807, 2.05) is 6.07 Å². The van der Waals surface area contributed by atoms with E-state index >= 15 is 0 Å². The molecule has 0 bridgehead atoms. The number of furan rings is 1. The first-order valence-corrected chi connectivity index (χ1v) is 7.67. The van der Waals surface area contributed by atoms with Crippen LogP contribution < -0.4 is 5.43 Å². The van der Waals surface area contributed by atoms with Crippen LogP contribution in [0.15, 0.2) is 52.4 Å². The molecular weight excluding hydrogens is 340 g/mol. The smallest absolute Gasteiger partial charge is 0.399 e. The summed E-state index contributed by atoms with van der Waals surface area (Å²) in [7, 11) is 1.60. The predicted molar refractivity (Wildman–Crippen MR) is 93.9 cm³/mol. The first-order valence-electron chi connectivity index (χ1n) is 7.67. The summed E-state index contributed by atoms with van der Waals surface area (Å²) in [6.45, 7) is 1.00. The minimum Gasteiger partial charge on any atom is -0.399 e. The van der Waals surface area contributed by atoms with Gasteiger partial charge in [0.25, 0.3) is 0 Å². The Morgan fingerprint density at radius 3 is 3.04 bits per heavy atom. The van der Waals surface area contributed by atoms with Crippen molar-refractivity contribution in [3.8, 4) is 11.5 Å². The Bertz CT molecular complexity index is 903. The number of anilines is 1. The zero-order chi connectivity index (χ0) is 18.4. The SMILES string of the molecule is COCCn1cc(C=NNc2cccnc2)c(-c2ccc([N+](=O)[O-])o2)n1. The average molecular weight is 356 g/mol. The number of rotatable bonds is 8. The number of nitro groups is 1. The summed E-state index contributed by atoms with van der Waals surface area (Å²) in [6, 6.07) is 6.41. The quantitative estimate of drug-likeness (QED) is 0.374. The van der Waals surface area contributed by atoms with Crippen LogP contribution in [-0.2, 0) is 11.3 Å². The second-order valence-electron chi connectivity index (χ2n) is 5.20. The highest BCUT2D eigenvalue weighted by Crippen LogP contribution is 2.27. The van der Waals surface area contributed by atoms with Crippen molar-refractivity contribution in [2.75, 3.05) is 19.1 Å². The molecule has 0 saturated heterocycles. The van der Waals surface area contributed by atoms with E-state index in [2.05, 4.69) is 20.6 Å². The van der Waals surface area contributed by atoms with Gasteiger partial charge in [0, 0.05) is 25.1 Å². The number of hydrogen-bond acceptors (Lipinski definition) is 8. The monoisotopic (exact) mass is 356 g/mol. The molecule has 3 aromatic rings. The second-order valence-corrected chi connectivity index (χ2v) is 5.20. The number of nitrogens with one attached hydrogen (secondary N) is 1. The van der Waals surface area contributed by atoms with Crippen LogP contribution in [0.5, 0.6) is 0 Å². The number of methoxy groups -OCH3 is 1. The normalized spacial score (nSPS) is 11.1. The molecule has 3 rings (SSSR count). The van der Waals surface area contributed by atoms with Crippen molar-refractivity contribution in [3.05, 3.63) is 58.5 Å². The molecule has 3 heterocycles. The zero-order valence-electron chi connectivity index (χ0n) is 13.9. The lowest BCUT2D eigenvalue weighted by molar-refractivity contribution is -0.401. The molecule has 134 valence electrons. The maximum absolute atomic E-state index is 10.8. The third-order valence-corrected chi connectivity index (χ3v) is 3.38. The highest BCUT2D eigenvalue weighted by molar-refractivity contribution is 5.88. The Balaban J connectivity index is 1.86. The minimum atomic E-state index is -0.594. The van der Waals surface area contributed by atoms with E-state index < -0.39 is 4.92 Å². The molecule has 0 aliphatic carbocycles. The summed E-state index contributed by atoms with van der Waals surface area (Å²) in [5.74, 6) is -0.0569. The second kappa shape index (κ2) is 8.03. The van der Waals surface area contributed by atoms with Crippen LogP contribution in [0.25, 0.3) is 11.5 Å². The number of nitrogens with zero attached hydrogens (tertiary/aromatic N) is 5. The molecule has 10 nitrogen and oxygen atoms in total. The highest BCUT2D eigenvalue weighted by Gasteiger charge is 2.18. The lowest BCUT2D eigenvalue weighted by atomic mass is 10.2. The van der Waals surface area contributed by atoms with Gasteiger partial charge in [0.1, 0.15) is 10.6 Å². The number of pyridine rings is 1. The van der Waals surface area contributed by atoms with Crippen molar-refractivity contribution in [2.45, 2.75) is 6.54 Å². The number of hydrazone groups is 1. The largest absolute Gasteiger partial charge is 0.433 e. The van der Waals surface area contributed by atoms with Crippen molar-refractivity contribution in [1.29, 1.82) is 0 Å². The van der Waals surface area contributed by atoms with Gasteiger partial charge in [0.05, 0.1) is 37.3 Å². The van der Waals surface area contributed by atoms with Gasteiger partial charge in [-0.3, -0.25) is 25.2 Å².